The van der Waals surface area contributed by atoms with E-state index in [-0.39, 0.29) is 28.7 Å². The fourth-order valence-corrected chi connectivity index (χ4v) is 3.61. The molecule has 0 aromatic heterocycles. The molecule has 2 rings (SSSR count). The van der Waals surface area contributed by atoms with E-state index in [1.54, 1.807) is 13.0 Å². The Kier molecular flexibility index (Phi) is 5.81. The number of carbonyl (C=O) groups is 1. The zero-order chi connectivity index (χ0) is 18.6. The number of amides is 1. The summed E-state index contributed by atoms with van der Waals surface area (Å²) in [6.07, 6.45) is 0. The summed E-state index contributed by atoms with van der Waals surface area (Å²) in [5, 5.41) is 2.82. The second-order valence-electron chi connectivity index (χ2n) is 5.57. The number of rotatable bonds is 6. The lowest BCUT2D eigenvalue weighted by atomic mass is 10.1. The molecule has 0 aliphatic heterocycles. The average Bonchev–Trinajstić information content (AvgIpc) is 2.58. The van der Waals surface area contributed by atoms with Crippen LogP contribution < -0.4 is 14.8 Å². The minimum atomic E-state index is -3.75. The molecule has 0 saturated carbocycles. The number of hydrogen-bond donors (Lipinski definition) is 2. The van der Waals surface area contributed by atoms with Crippen molar-refractivity contribution in [3.63, 3.8) is 0 Å². The van der Waals surface area contributed by atoms with Gasteiger partial charge in [-0.25, -0.2) is 13.1 Å². The molecule has 0 aliphatic rings. The highest BCUT2D eigenvalue weighted by Gasteiger charge is 2.21. The van der Waals surface area contributed by atoms with Gasteiger partial charge < -0.3 is 10.1 Å². The Hall–Kier alpha value is -2.38. The van der Waals surface area contributed by atoms with Crippen molar-refractivity contribution in [2.75, 3.05) is 19.0 Å². The largest absolute Gasteiger partial charge is 0.495 e. The van der Waals surface area contributed by atoms with Gasteiger partial charge in [-0.3, -0.25) is 4.79 Å². The van der Waals surface area contributed by atoms with Gasteiger partial charge in [-0.1, -0.05) is 19.1 Å². The highest BCUT2D eigenvalue weighted by molar-refractivity contribution is 7.89. The fourth-order valence-electron chi connectivity index (χ4n) is 2.38. The van der Waals surface area contributed by atoms with Crippen LogP contribution in [0.1, 0.15) is 28.4 Å². The Labute approximate surface area is 148 Å². The number of hydrogen-bond acceptors (Lipinski definition) is 4. The van der Waals surface area contributed by atoms with Gasteiger partial charge in [0.1, 0.15) is 10.6 Å². The third-order valence-corrected chi connectivity index (χ3v) is 5.47. The van der Waals surface area contributed by atoms with Gasteiger partial charge in [0.05, 0.1) is 7.11 Å². The van der Waals surface area contributed by atoms with Crippen LogP contribution >= 0.6 is 0 Å². The van der Waals surface area contributed by atoms with Crippen molar-refractivity contribution in [3.05, 3.63) is 53.1 Å². The van der Waals surface area contributed by atoms with Crippen LogP contribution in [0.25, 0.3) is 0 Å². The Balaban J connectivity index is 2.39. The lowest BCUT2D eigenvalue weighted by Gasteiger charge is -2.13. The number of ether oxygens (including phenoxy) is 1. The van der Waals surface area contributed by atoms with Gasteiger partial charge in [-0.05, 0) is 49.2 Å². The van der Waals surface area contributed by atoms with Crippen LogP contribution in [0.15, 0.2) is 41.3 Å². The first-order valence-corrected chi connectivity index (χ1v) is 9.33. The monoisotopic (exact) mass is 362 g/mol. The third kappa shape index (κ3) is 4.18. The summed E-state index contributed by atoms with van der Waals surface area (Å²) in [5.41, 5.74) is 2.95. The van der Waals surface area contributed by atoms with Crippen LogP contribution in [0.5, 0.6) is 5.75 Å². The normalized spacial score (nSPS) is 11.2. The summed E-state index contributed by atoms with van der Waals surface area (Å²) in [6.45, 7) is 5.80. The molecule has 134 valence electrons. The molecule has 0 spiro atoms. The van der Waals surface area contributed by atoms with Crippen LogP contribution in [0, 0.1) is 13.8 Å². The Bertz CT molecular complexity index is 892. The minimum absolute atomic E-state index is 0.0644. The first-order valence-electron chi connectivity index (χ1n) is 7.85. The van der Waals surface area contributed by atoms with Gasteiger partial charge in [-0.2, -0.15) is 0 Å². The number of methoxy groups -OCH3 is 1. The van der Waals surface area contributed by atoms with E-state index in [0.29, 0.717) is 5.69 Å². The molecule has 0 atom stereocenters. The third-order valence-electron chi connectivity index (χ3n) is 3.90. The van der Waals surface area contributed by atoms with Gasteiger partial charge in [0.15, 0.2) is 0 Å². The number of aryl methyl sites for hydroxylation is 1. The number of carbonyl (C=O) groups excluding carboxylic acids is 1. The SMILES string of the molecule is CCNS(=O)(=O)c1cc(C(=O)Nc2cccc(C)c2C)ccc1OC. The number of sulfonamides is 1. The van der Waals surface area contributed by atoms with E-state index < -0.39 is 10.0 Å². The number of nitrogens with one attached hydrogen (secondary N) is 2. The van der Waals surface area contributed by atoms with Gasteiger partial charge in [0, 0.05) is 17.8 Å². The Morgan fingerprint density at radius 2 is 1.88 bits per heavy atom. The molecule has 0 unspecified atom stereocenters. The van der Waals surface area contributed by atoms with Crippen molar-refractivity contribution in [1.82, 2.24) is 4.72 Å². The lowest BCUT2D eigenvalue weighted by Crippen LogP contribution is -2.24. The minimum Gasteiger partial charge on any atom is -0.495 e. The molecule has 1 amide bonds. The highest BCUT2D eigenvalue weighted by Crippen LogP contribution is 2.26. The number of anilines is 1. The van der Waals surface area contributed by atoms with Crippen LogP contribution in [0.4, 0.5) is 5.69 Å². The molecule has 0 radical (unpaired) electrons. The van der Waals surface area contributed by atoms with Crippen molar-refractivity contribution in [2.24, 2.45) is 0 Å². The molecular formula is C18H22N2O4S. The molecule has 6 nitrogen and oxygen atoms in total. The van der Waals surface area contributed by atoms with E-state index in [4.69, 9.17) is 4.74 Å². The van der Waals surface area contributed by atoms with Gasteiger partial charge >= 0.3 is 0 Å². The van der Waals surface area contributed by atoms with Crippen molar-refractivity contribution >= 4 is 21.6 Å². The fraction of sp³-hybridized carbons (Fsp3) is 0.278. The molecule has 7 heteroatoms. The number of benzene rings is 2. The quantitative estimate of drug-likeness (QED) is 0.827. The van der Waals surface area contributed by atoms with Gasteiger partial charge in [0.25, 0.3) is 5.91 Å². The van der Waals surface area contributed by atoms with Gasteiger partial charge in [-0.15, -0.1) is 0 Å². The van der Waals surface area contributed by atoms with Crippen molar-refractivity contribution in [1.29, 1.82) is 0 Å². The van der Waals surface area contributed by atoms with Crippen LogP contribution in [-0.4, -0.2) is 28.0 Å². The maximum absolute atomic E-state index is 12.5. The average molecular weight is 362 g/mol. The van der Waals surface area contributed by atoms with E-state index in [0.717, 1.165) is 11.1 Å². The second kappa shape index (κ2) is 7.67. The van der Waals surface area contributed by atoms with E-state index in [1.165, 1.54) is 25.3 Å². The van der Waals surface area contributed by atoms with Crippen LogP contribution in [-0.2, 0) is 10.0 Å². The molecule has 0 aliphatic carbocycles. The summed E-state index contributed by atoms with van der Waals surface area (Å²) in [5.74, 6) is -0.200. The first kappa shape index (κ1) is 19.0. The molecule has 2 aromatic carbocycles. The molecule has 0 bridgehead atoms. The predicted octanol–water partition coefficient (Wildman–Crippen LogP) is 2.86. The summed E-state index contributed by atoms with van der Waals surface area (Å²) < 4.78 is 32.2. The molecule has 2 N–H and O–H groups in total. The molecule has 0 fully saturated rings. The maximum atomic E-state index is 12.5. The topological polar surface area (TPSA) is 84.5 Å². The molecule has 25 heavy (non-hydrogen) atoms. The second-order valence-corrected chi connectivity index (χ2v) is 7.30. The standard InChI is InChI=1S/C18H22N2O4S/c1-5-19-25(22,23)17-11-14(9-10-16(17)24-4)18(21)20-15-8-6-7-12(2)13(15)3/h6-11,19H,5H2,1-4H3,(H,20,21). The summed E-state index contributed by atoms with van der Waals surface area (Å²) in [6, 6.07) is 9.94. The molecule has 0 heterocycles. The zero-order valence-electron chi connectivity index (χ0n) is 14.7. The maximum Gasteiger partial charge on any atom is 0.255 e. The van der Waals surface area contributed by atoms with Gasteiger partial charge in [0.2, 0.25) is 10.0 Å². The Morgan fingerprint density at radius 3 is 2.52 bits per heavy atom. The summed E-state index contributed by atoms with van der Waals surface area (Å²) >= 11 is 0. The summed E-state index contributed by atoms with van der Waals surface area (Å²) in [4.78, 5) is 12.5. The predicted molar refractivity (Wildman–Crippen MR) is 97.7 cm³/mol. The first-order chi connectivity index (χ1) is 11.8. The zero-order valence-corrected chi connectivity index (χ0v) is 15.5. The lowest BCUT2D eigenvalue weighted by molar-refractivity contribution is 0.102. The molecular weight excluding hydrogens is 340 g/mol. The van der Waals surface area contributed by atoms with E-state index in [9.17, 15) is 13.2 Å². The molecule has 2 aromatic rings. The van der Waals surface area contributed by atoms with Crippen molar-refractivity contribution < 1.29 is 17.9 Å². The Morgan fingerprint density at radius 1 is 1.16 bits per heavy atom. The summed E-state index contributed by atoms with van der Waals surface area (Å²) in [7, 11) is -2.37. The van der Waals surface area contributed by atoms with Crippen LogP contribution in [0.3, 0.4) is 0 Å². The molecule has 0 saturated heterocycles. The highest BCUT2D eigenvalue weighted by atomic mass is 32.2. The van der Waals surface area contributed by atoms with E-state index in [1.807, 2.05) is 26.0 Å². The van der Waals surface area contributed by atoms with Crippen LogP contribution in [0.2, 0.25) is 0 Å². The van der Waals surface area contributed by atoms with Crippen molar-refractivity contribution in [3.8, 4) is 5.75 Å². The van der Waals surface area contributed by atoms with E-state index >= 15 is 0 Å². The van der Waals surface area contributed by atoms with E-state index in [2.05, 4.69) is 10.0 Å². The smallest absolute Gasteiger partial charge is 0.255 e. The van der Waals surface area contributed by atoms with Crippen molar-refractivity contribution in [2.45, 2.75) is 25.7 Å².